The number of rotatable bonds is 12. The number of carboxylic acids is 1. The van der Waals surface area contributed by atoms with Gasteiger partial charge in [-0.15, -0.1) is 46.5 Å². The van der Waals surface area contributed by atoms with E-state index in [0.717, 1.165) is 11.3 Å². The van der Waals surface area contributed by atoms with Crippen LogP contribution in [0.15, 0.2) is 39.6 Å². The van der Waals surface area contributed by atoms with E-state index in [1.807, 2.05) is 6.26 Å². The quantitative estimate of drug-likeness (QED) is 0.0595. The van der Waals surface area contributed by atoms with Crippen molar-refractivity contribution in [2.75, 3.05) is 29.4 Å². The lowest BCUT2D eigenvalue weighted by atomic mass is 10.0. The Morgan fingerprint density at radius 3 is 2.97 bits per heavy atom. The number of carbonyl (C=O) groups excluding carboxylic acids is 2. The van der Waals surface area contributed by atoms with E-state index in [-0.39, 0.29) is 33.9 Å². The van der Waals surface area contributed by atoms with Crippen molar-refractivity contribution >= 4 is 75.2 Å². The molecule has 2 atom stereocenters. The number of tetrazole rings is 1. The third-order valence-corrected chi connectivity index (χ3v) is 8.42. The highest BCUT2D eigenvalue weighted by Crippen LogP contribution is 2.41. The summed E-state index contributed by atoms with van der Waals surface area (Å²) in [5.41, 5.74) is 6.23. The standard InChI is InChI=1S/C19H21N9O5S4/c1-3-4-27-19(23-25-26-27)37-6-9-5-35-16-12(15(30)28(16)13(9)17(31)32)22-14(29)11(24-33-8-34-2)10-7-36-18(20)21-10/h3,7,12,16H,1,4-6,8H2,2H3,(H2,20,21)(H,22,29)(H,31,32)/b24-11+. The smallest absolute Gasteiger partial charge is 0.352 e. The number of aliphatic carboxylic acids is 1. The van der Waals surface area contributed by atoms with Gasteiger partial charge in [0.25, 0.3) is 11.8 Å². The van der Waals surface area contributed by atoms with Gasteiger partial charge < -0.3 is 21.0 Å². The van der Waals surface area contributed by atoms with Gasteiger partial charge in [-0.2, -0.15) is 0 Å². The van der Waals surface area contributed by atoms with Crippen molar-refractivity contribution in [1.82, 2.24) is 35.4 Å². The number of carbonyl (C=O) groups is 3. The molecule has 18 heteroatoms. The second-order valence-corrected chi connectivity index (χ2v) is 11.1. The lowest BCUT2D eigenvalue weighted by Crippen LogP contribution is -2.71. The maximum absolute atomic E-state index is 13.0. The lowest BCUT2D eigenvalue weighted by molar-refractivity contribution is -0.150. The summed E-state index contributed by atoms with van der Waals surface area (Å²) in [6.45, 7) is 4.06. The maximum atomic E-state index is 13.0. The van der Waals surface area contributed by atoms with Crippen LogP contribution in [0.2, 0.25) is 0 Å². The van der Waals surface area contributed by atoms with Gasteiger partial charge in [0, 0.05) is 16.9 Å². The van der Waals surface area contributed by atoms with Gasteiger partial charge in [-0.05, 0) is 22.3 Å². The lowest BCUT2D eigenvalue weighted by Gasteiger charge is -2.49. The van der Waals surface area contributed by atoms with Crippen LogP contribution in [0.25, 0.3) is 0 Å². The molecule has 2 aliphatic rings. The molecule has 0 aliphatic carbocycles. The molecule has 4 N–H and O–H groups in total. The van der Waals surface area contributed by atoms with E-state index in [0.29, 0.717) is 23.0 Å². The molecule has 2 aliphatic heterocycles. The van der Waals surface area contributed by atoms with Gasteiger partial charge in [0.05, 0.1) is 6.54 Å². The molecule has 0 radical (unpaired) electrons. The summed E-state index contributed by atoms with van der Waals surface area (Å²) in [7, 11) is 0. The van der Waals surface area contributed by atoms with Gasteiger partial charge >= 0.3 is 5.97 Å². The Balaban J connectivity index is 1.48. The van der Waals surface area contributed by atoms with E-state index in [1.54, 1.807) is 11.5 Å². The first-order chi connectivity index (χ1) is 17.8. The zero-order valence-corrected chi connectivity index (χ0v) is 22.5. The molecular formula is C19H21N9O5S4. The van der Waals surface area contributed by atoms with E-state index < -0.39 is 29.2 Å². The minimum absolute atomic E-state index is 0.0982. The second kappa shape index (κ2) is 12.0. The van der Waals surface area contributed by atoms with Gasteiger partial charge in [0.1, 0.15) is 22.8 Å². The largest absolute Gasteiger partial charge is 0.477 e. The zero-order chi connectivity index (χ0) is 26.5. The van der Waals surface area contributed by atoms with Crippen LogP contribution >= 0.6 is 46.6 Å². The number of nitrogen functional groups attached to an aromatic ring is 1. The van der Waals surface area contributed by atoms with E-state index >= 15 is 0 Å². The number of fused-ring (bicyclic) bond motifs is 1. The number of hydrogen-bond acceptors (Lipinski definition) is 14. The van der Waals surface area contributed by atoms with Crippen molar-refractivity contribution in [2.45, 2.75) is 23.1 Å². The Morgan fingerprint density at radius 1 is 1.49 bits per heavy atom. The monoisotopic (exact) mass is 583 g/mol. The molecule has 196 valence electrons. The number of oxime groups is 1. The number of nitrogens with two attached hydrogens (primary N) is 1. The van der Waals surface area contributed by atoms with Gasteiger partial charge in [-0.25, -0.2) is 14.5 Å². The van der Waals surface area contributed by atoms with Gasteiger partial charge in [-0.3, -0.25) is 14.5 Å². The average Bonchev–Trinajstić information content (AvgIpc) is 3.51. The number of hydrogen-bond donors (Lipinski definition) is 3. The molecule has 0 spiro atoms. The first kappa shape index (κ1) is 27.0. The maximum Gasteiger partial charge on any atom is 0.352 e. The van der Waals surface area contributed by atoms with Gasteiger partial charge in [-0.1, -0.05) is 23.0 Å². The number of β-lactam (4-membered cyclic amide) rings is 1. The van der Waals surface area contributed by atoms with Crippen LogP contribution in [0.4, 0.5) is 5.13 Å². The van der Waals surface area contributed by atoms with Crippen molar-refractivity contribution in [1.29, 1.82) is 0 Å². The average molecular weight is 584 g/mol. The van der Waals surface area contributed by atoms with Crippen LogP contribution in [-0.4, -0.2) is 93.8 Å². The molecule has 4 rings (SSSR count). The number of thiazole rings is 1. The van der Waals surface area contributed by atoms with E-state index in [1.165, 1.54) is 44.9 Å². The number of allylic oxidation sites excluding steroid dienone is 1. The third kappa shape index (κ3) is 5.76. The van der Waals surface area contributed by atoms with E-state index in [4.69, 9.17) is 10.6 Å². The molecule has 1 fully saturated rings. The highest BCUT2D eigenvalue weighted by atomic mass is 32.2. The number of amides is 2. The molecule has 4 heterocycles. The highest BCUT2D eigenvalue weighted by molar-refractivity contribution is 8.01. The SMILES string of the molecule is C=CCn1nnnc1SCC1=C(C(=O)O)N2C(=O)C(NC(=O)/C(=N/OCSC)c3csc(N)n3)C2SC1. The Hall–Kier alpha value is -3.09. The number of nitrogens with one attached hydrogen (secondary N) is 1. The topological polar surface area (TPSA) is 191 Å². The van der Waals surface area contributed by atoms with Gasteiger partial charge in [0.15, 0.2) is 16.8 Å². The molecule has 0 bridgehead atoms. The van der Waals surface area contributed by atoms with Crippen LogP contribution < -0.4 is 11.1 Å². The van der Waals surface area contributed by atoms with Crippen molar-refractivity contribution in [3.05, 3.63) is 35.0 Å². The normalized spacial score (nSPS) is 19.3. The minimum atomic E-state index is -1.23. The molecule has 14 nitrogen and oxygen atoms in total. The summed E-state index contributed by atoms with van der Waals surface area (Å²) in [6.07, 6.45) is 3.45. The minimum Gasteiger partial charge on any atom is -0.477 e. The Morgan fingerprint density at radius 2 is 2.30 bits per heavy atom. The van der Waals surface area contributed by atoms with Gasteiger partial charge in [0.2, 0.25) is 5.16 Å². The number of thioether (sulfide) groups is 3. The van der Waals surface area contributed by atoms with Crippen LogP contribution in [0.3, 0.4) is 0 Å². The Kier molecular flexibility index (Phi) is 8.72. The van der Waals surface area contributed by atoms with Crippen molar-refractivity contribution in [2.24, 2.45) is 5.16 Å². The third-order valence-electron chi connectivity index (χ3n) is 5.02. The fourth-order valence-electron chi connectivity index (χ4n) is 3.44. The molecular weight excluding hydrogens is 563 g/mol. The number of aromatic nitrogens is 5. The van der Waals surface area contributed by atoms with Crippen LogP contribution in [0.1, 0.15) is 5.69 Å². The Labute approximate surface area is 227 Å². The predicted octanol–water partition coefficient (Wildman–Crippen LogP) is 0.470. The first-order valence-electron chi connectivity index (χ1n) is 10.5. The van der Waals surface area contributed by atoms with E-state index in [9.17, 15) is 19.5 Å². The Bertz CT molecular complexity index is 1280. The highest BCUT2D eigenvalue weighted by Gasteiger charge is 2.54. The number of carboxylic acid groups (broad SMARTS) is 1. The molecule has 0 saturated carbocycles. The summed E-state index contributed by atoms with van der Waals surface area (Å²) < 4.78 is 1.54. The van der Waals surface area contributed by atoms with Crippen molar-refractivity contribution in [3.63, 3.8) is 0 Å². The summed E-state index contributed by atoms with van der Waals surface area (Å²) >= 11 is 5.11. The molecule has 1 saturated heterocycles. The zero-order valence-electron chi connectivity index (χ0n) is 19.3. The molecule has 0 aromatic carbocycles. The number of anilines is 1. The number of nitrogens with zero attached hydrogens (tertiary/aromatic N) is 7. The summed E-state index contributed by atoms with van der Waals surface area (Å²) in [5, 5.41) is 29.6. The predicted molar refractivity (Wildman–Crippen MR) is 141 cm³/mol. The van der Waals surface area contributed by atoms with Crippen molar-refractivity contribution < 1.29 is 24.3 Å². The molecule has 2 aromatic heterocycles. The van der Waals surface area contributed by atoms with Crippen LogP contribution in [0, 0.1) is 0 Å². The molecule has 2 unspecified atom stereocenters. The molecule has 2 aromatic rings. The fourth-order valence-corrected chi connectivity index (χ4v) is 6.51. The molecule has 2 amide bonds. The van der Waals surface area contributed by atoms with Crippen molar-refractivity contribution in [3.8, 4) is 0 Å². The first-order valence-corrected chi connectivity index (χ1v) is 14.8. The van der Waals surface area contributed by atoms with Crippen LogP contribution in [0.5, 0.6) is 0 Å². The second-order valence-electron chi connectivity index (χ2n) is 7.39. The summed E-state index contributed by atoms with van der Waals surface area (Å²) in [6, 6.07) is -0.942. The summed E-state index contributed by atoms with van der Waals surface area (Å²) in [5.74, 6) is -1.62. The molecule has 37 heavy (non-hydrogen) atoms. The summed E-state index contributed by atoms with van der Waals surface area (Å²) in [4.78, 5) is 48.6. The van der Waals surface area contributed by atoms with E-state index in [2.05, 4.69) is 37.6 Å². The van der Waals surface area contributed by atoms with Crippen LogP contribution in [-0.2, 0) is 25.8 Å². The fraction of sp³-hybridized carbons (Fsp3) is 0.368.